The molecule has 0 saturated carbocycles. The lowest BCUT2D eigenvalue weighted by atomic mass is 9.99. The van der Waals surface area contributed by atoms with Gasteiger partial charge in [-0.3, -0.25) is 15.0 Å². The summed E-state index contributed by atoms with van der Waals surface area (Å²) in [6.45, 7) is 6.06. The number of nitro groups is 1. The highest BCUT2D eigenvalue weighted by Crippen LogP contribution is 2.30. The molecule has 1 aliphatic rings. The van der Waals surface area contributed by atoms with Gasteiger partial charge in [0.1, 0.15) is 0 Å². The normalized spacial score (nSPS) is 18.5. The number of aromatic nitrogens is 1. The highest BCUT2D eigenvalue weighted by molar-refractivity contribution is 5.88. The van der Waals surface area contributed by atoms with Crippen LogP contribution in [0.15, 0.2) is 12.3 Å². The molecule has 114 valence electrons. The zero-order valence-electron chi connectivity index (χ0n) is 12.2. The molecule has 2 rings (SSSR count). The van der Waals surface area contributed by atoms with Crippen molar-refractivity contribution in [3.63, 3.8) is 0 Å². The number of rotatable bonds is 3. The number of nitrogens with zero attached hydrogens (tertiary/aromatic N) is 4. The minimum absolute atomic E-state index is 0.140. The maximum atomic E-state index is 11.2. The second-order valence-electron chi connectivity index (χ2n) is 5.78. The molecule has 0 unspecified atom stereocenters. The van der Waals surface area contributed by atoms with Crippen molar-refractivity contribution < 1.29 is 14.8 Å². The maximum absolute atomic E-state index is 11.2. The Hall–Kier alpha value is -2.22. The Bertz CT molecular complexity index is 588. The number of carboxylic acids is 1. The maximum Gasteiger partial charge on any atom is 0.337 e. The first-order chi connectivity index (χ1) is 9.72. The van der Waals surface area contributed by atoms with E-state index >= 15 is 0 Å². The summed E-state index contributed by atoms with van der Waals surface area (Å²) in [4.78, 5) is 29.6. The minimum Gasteiger partial charge on any atom is -0.478 e. The van der Waals surface area contributed by atoms with Gasteiger partial charge in [-0.25, -0.2) is 9.78 Å². The summed E-state index contributed by atoms with van der Waals surface area (Å²) in [5.41, 5.74) is -0.590. The van der Waals surface area contributed by atoms with E-state index in [1.807, 2.05) is 11.9 Å². The summed E-state index contributed by atoms with van der Waals surface area (Å²) in [6.07, 6.45) is 1.16. The van der Waals surface area contributed by atoms with Gasteiger partial charge in [0.25, 0.3) is 0 Å². The van der Waals surface area contributed by atoms with Gasteiger partial charge in [0.05, 0.1) is 10.5 Å². The van der Waals surface area contributed by atoms with Gasteiger partial charge < -0.3 is 10.0 Å². The number of carbonyl (C=O) groups is 1. The first-order valence-electron chi connectivity index (χ1n) is 6.56. The molecule has 0 spiro atoms. The molecule has 1 fully saturated rings. The van der Waals surface area contributed by atoms with Crippen LogP contribution in [0.25, 0.3) is 0 Å². The second-order valence-corrected chi connectivity index (χ2v) is 5.78. The third-order valence-corrected chi connectivity index (χ3v) is 3.91. The van der Waals surface area contributed by atoms with Gasteiger partial charge in [-0.2, -0.15) is 0 Å². The Morgan fingerprint density at radius 1 is 1.48 bits per heavy atom. The fraction of sp³-hybridized carbons (Fsp3) is 0.538. The monoisotopic (exact) mass is 294 g/mol. The van der Waals surface area contributed by atoms with Crippen molar-refractivity contribution in [3.05, 3.63) is 27.9 Å². The molecular weight excluding hydrogens is 276 g/mol. The van der Waals surface area contributed by atoms with E-state index in [1.165, 1.54) is 0 Å². The predicted molar refractivity (Wildman–Crippen MR) is 76.8 cm³/mol. The van der Waals surface area contributed by atoms with Crippen LogP contribution in [0, 0.1) is 10.1 Å². The number of aromatic carboxylic acids is 1. The quantitative estimate of drug-likeness (QED) is 0.660. The molecule has 1 saturated heterocycles. The predicted octanol–water partition coefficient (Wildman–Crippen LogP) is 1.22. The average molecular weight is 294 g/mol. The average Bonchev–Trinajstić information content (AvgIpc) is 2.41. The van der Waals surface area contributed by atoms with Crippen molar-refractivity contribution in [2.24, 2.45) is 0 Å². The molecule has 1 aliphatic heterocycles. The van der Waals surface area contributed by atoms with Gasteiger partial charge >= 0.3 is 11.7 Å². The molecule has 0 atom stereocenters. The lowest BCUT2D eigenvalue weighted by Gasteiger charge is -2.45. The number of carboxylic acid groups (broad SMARTS) is 1. The number of pyridine rings is 1. The smallest absolute Gasteiger partial charge is 0.337 e. The van der Waals surface area contributed by atoms with Gasteiger partial charge in [-0.1, -0.05) is 0 Å². The third kappa shape index (κ3) is 2.94. The highest BCUT2D eigenvalue weighted by Gasteiger charge is 2.34. The Morgan fingerprint density at radius 2 is 2.14 bits per heavy atom. The van der Waals surface area contributed by atoms with Crippen LogP contribution in [0.3, 0.4) is 0 Å². The van der Waals surface area contributed by atoms with Crippen LogP contribution in [-0.2, 0) is 0 Å². The summed E-state index contributed by atoms with van der Waals surface area (Å²) < 4.78 is 0. The van der Waals surface area contributed by atoms with E-state index in [-0.39, 0.29) is 22.6 Å². The number of likely N-dealkylation sites (N-methyl/N-ethyl adjacent to an activating group) is 1. The molecule has 8 nitrogen and oxygen atoms in total. The van der Waals surface area contributed by atoms with Crippen LogP contribution in [0.1, 0.15) is 24.2 Å². The van der Waals surface area contributed by atoms with Gasteiger partial charge in [-0.05, 0) is 20.9 Å². The van der Waals surface area contributed by atoms with Crippen molar-refractivity contribution in [3.8, 4) is 0 Å². The molecular formula is C13H18N4O4. The lowest BCUT2D eigenvalue weighted by Crippen LogP contribution is -2.58. The standard InChI is InChI=1S/C13H18N4O4/c1-13(2)8-16(5-4-15(13)3)11-10(17(20)21)6-9(7-14-11)12(18)19/h6-7H,4-5,8H2,1-3H3,(H,18,19). The minimum atomic E-state index is -1.23. The van der Waals surface area contributed by atoms with Crippen LogP contribution in [-0.4, -0.2) is 58.1 Å². The van der Waals surface area contributed by atoms with E-state index in [0.29, 0.717) is 13.1 Å². The van der Waals surface area contributed by atoms with E-state index < -0.39 is 10.9 Å². The molecule has 1 N–H and O–H groups in total. The van der Waals surface area contributed by atoms with Crippen LogP contribution >= 0.6 is 0 Å². The molecule has 2 heterocycles. The largest absolute Gasteiger partial charge is 0.478 e. The third-order valence-electron chi connectivity index (χ3n) is 3.91. The molecule has 8 heteroatoms. The second kappa shape index (κ2) is 5.28. The topological polar surface area (TPSA) is 99.8 Å². The Morgan fingerprint density at radius 3 is 2.67 bits per heavy atom. The number of piperazine rings is 1. The number of anilines is 1. The van der Waals surface area contributed by atoms with Crippen molar-refractivity contribution in [2.75, 3.05) is 31.6 Å². The molecule has 0 aliphatic carbocycles. The van der Waals surface area contributed by atoms with Crippen LogP contribution in [0.4, 0.5) is 11.5 Å². The van der Waals surface area contributed by atoms with Crippen molar-refractivity contribution in [2.45, 2.75) is 19.4 Å². The van der Waals surface area contributed by atoms with Gasteiger partial charge in [-0.15, -0.1) is 0 Å². The van der Waals surface area contributed by atoms with E-state index in [9.17, 15) is 14.9 Å². The van der Waals surface area contributed by atoms with E-state index in [1.54, 1.807) is 0 Å². The SMILES string of the molecule is CN1CCN(c2ncc(C(=O)O)cc2[N+](=O)[O-])CC1(C)C. The van der Waals surface area contributed by atoms with E-state index in [2.05, 4.69) is 23.7 Å². The molecule has 0 bridgehead atoms. The number of hydrogen-bond acceptors (Lipinski definition) is 6. The van der Waals surface area contributed by atoms with E-state index in [4.69, 9.17) is 5.11 Å². The van der Waals surface area contributed by atoms with Gasteiger partial charge in [0, 0.05) is 37.4 Å². The summed E-state index contributed by atoms with van der Waals surface area (Å²) in [6, 6.07) is 1.07. The summed E-state index contributed by atoms with van der Waals surface area (Å²) in [7, 11) is 2.01. The fourth-order valence-corrected chi connectivity index (χ4v) is 2.36. The summed E-state index contributed by atoms with van der Waals surface area (Å²) in [5, 5.41) is 20.1. The van der Waals surface area contributed by atoms with Crippen molar-refractivity contribution in [1.29, 1.82) is 0 Å². The molecule has 0 aromatic carbocycles. The Balaban J connectivity index is 2.40. The Labute approximate surface area is 122 Å². The molecule has 21 heavy (non-hydrogen) atoms. The van der Waals surface area contributed by atoms with Crippen molar-refractivity contribution in [1.82, 2.24) is 9.88 Å². The first kappa shape index (κ1) is 15.2. The lowest BCUT2D eigenvalue weighted by molar-refractivity contribution is -0.384. The molecule has 0 amide bonds. The fourth-order valence-electron chi connectivity index (χ4n) is 2.36. The molecule has 1 aromatic rings. The number of hydrogen-bond donors (Lipinski definition) is 1. The zero-order chi connectivity index (χ0) is 15.8. The van der Waals surface area contributed by atoms with Gasteiger partial charge in [0.15, 0.2) is 0 Å². The van der Waals surface area contributed by atoms with Crippen LogP contribution in [0.2, 0.25) is 0 Å². The zero-order valence-corrected chi connectivity index (χ0v) is 12.2. The highest BCUT2D eigenvalue weighted by atomic mass is 16.6. The van der Waals surface area contributed by atoms with Crippen LogP contribution < -0.4 is 4.90 Å². The Kier molecular flexibility index (Phi) is 3.82. The van der Waals surface area contributed by atoms with E-state index in [0.717, 1.165) is 18.8 Å². The molecule has 1 aromatic heterocycles. The summed E-state index contributed by atoms with van der Waals surface area (Å²) in [5.74, 6) is -0.998. The summed E-state index contributed by atoms with van der Waals surface area (Å²) >= 11 is 0. The first-order valence-corrected chi connectivity index (χ1v) is 6.56. The van der Waals surface area contributed by atoms with Gasteiger partial charge in [0.2, 0.25) is 5.82 Å². The molecule has 0 radical (unpaired) electrons. The van der Waals surface area contributed by atoms with Crippen LogP contribution in [0.5, 0.6) is 0 Å². The van der Waals surface area contributed by atoms with Crippen molar-refractivity contribution >= 4 is 17.5 Å².